The highest BCUT2D eigenvalue weighted by molar-refractivity contribution is 5.39. The molecule has 0 fully saturated rings. The van der Waals surface area contributed by atoms with Gasteiger partial charge in [0.15, 0.2) is 0 Å². The predicted molar refractivity (Wildman–Crippen MR) is 56.3 cm³/mol. The second-order valence-electron chi connectivity index (χ2n) is 4.17. The molecule has 0 amide bonds. The largest absolute Gasteiger partial charge is 0.463 e. The maximum atomic E-state index is 9.34. The lowest BCUT2D eigenvalue weighted by atomic mass is 10.1. The Morgan fingerprint density at radius 1 is 1.47 bits per heavy atom. The Bertz CT molecular complexity index is 369. The number of hydrogen-bond donors (Lipinski definition) is 1. The Balaban J connectivity index is 2.32. The third-order valence-corrected chi connectivity index (χ3v) is 2.40. The van der Waals surface area contributed by atoms with Crippen LogP contribution in [0.15, 0.2) is 18.2 Å². The third kappa shape index (κ3) is 2.13. The van der Waals surface area contributed by atoms with Gasteiger partial charge in [0.2, 0.25) is 5.79 Å². The van der Waals surface area contributed by atoms with E-state index in [9.17, 15) is 5.11 Å². The number of ether oxygens (including phenoxy) is 2. The van der Waals surface area contributed by atoms with Crippen LogP contribution >= 0.6 is 0 Å². The molecule has 3 nitrogen and oxygen atoms in total. The van der Waals surface area contributed by atoms with Crippen LogP contribution in [-0.4, -0.2) is 10.9 Å². The van der Waals surface area contributed by atoms with Gasteiger partial charge in [0.05, 0.1) is 12.7 Å². The number of rotatable bonds is 1. The quantitative estimate of drug-likeness (QED) is 0.767. The highest BCUT2D eigenvalue weighted by atomic mass is 16.7. The molecule has 15 heavy (non-hydrogen) atoms. The molecule has 0 spiro atoms. The first-order valence-electron chi connectivity index (χ1n) is 4.95. The molecule has 1 radical (unpaired) electrons. The molecular formula is C12H15O3. The fraction of sp³-hybridized carbons (Fsp3) is 0.417. The summed E-state index contributed by atoms with van der Waals surface area (Å²) in [4.78, 5) is 0. The Morgan fingerprint density at radius 2 is 2.20 bits per heavy atom. The first kappa shape index (κ1) is 10.5. The SMILES string of the molecule is [CH2]C(O)c1ccc2c(c1)COC(C)(C)O2. The van der Waals surface area contributed by atoms with Gasteiger partial charge in [0.1, 0.15) is 5.75 Å². The Morgan fingerprint density at radius 3 is 2.87 bits per heavy atom. The van der Waals surface area contributed by atoms with Crippen molar-refractivity contribution in [3.05, 3.63) is 36.2 Å². The second kappa shape index (κ2) is 3.51. The zero-order valence-electron chi connectivity index (χ0n) is 8.99. The minimum atomic E-state index is -0.703. The first-order chi connectivity index (χ1) is 6.98. The lowest BCUT2D eigenvalue weighted by Gasteiger charge is -2.32. The van der Waals surface area contributed by atoms with Crippen LogP contribution in [0.3, 0.4) is 0 Å². The van der Waals surface area contributed by atoms with Crippen LogP contribution in [0.4, 0.5) is 0 Å². The van der Waals surface area contributed by atoms with Crippen LogP contribution in [-0.2, 0) is 11.3 Å². The van der Waals surface area contributed by atoms with Gasteiger partial charge in [-0.1, -0.05) is 6.07 Å². The van der Waals surface area contributed by atoms with Gasteiger partial charge in [-0.25, -0.2) is 0 Å². The topological polar surface area (TPSA) is 38.7 Å². The third-order valence-electron chi connectivity index (χ3n) is 2.40. The molecule has 1 unspecified atom stereocenters. The second-order valence-corrected chi connectivity index (χ2v) is 4.17. The Hall–Kier alpha value is -1.06. The van der Waals surface area contributed by atoms with E-state index in [4.69, 9.17) is 9.47 Å². The average Bonchev–Trinajstić information content (AvgIpc) is 2.15. The number of fused-ring (bicyclic) bond motifs is 1. The van der Waals surface area contributed by atoms with Gasteiger partial charge in [0, 0.05) is 19.4 Å². The van der Waals surface area contributed by atoms with Crippen LogP contribution < -0.4 is 4.74 Å². The predicted octanol–water partition coefficient (Wildman–Crippen LogP) is 2.20. The minimum Gasteiger partial charge on any atom is -0.463 e. The molecule has 0 aromatic heterocycles. The van der Waals surface area contributed by atoms with Crippen LogP contribution in [0.1, 0.15) is 31.1 Å². The van der Waals surface area contributed by atoms with E-state index in [0.29, 0.717) is 6.61 Å². The molecule has 1 heterocycles. The fourth-order valence-electron chi connectivity index (χ4n) is 1.56. The summed E-state index contributed by atoms with van der Waals surface area (Å²) in [5.74, 6) is 0.244. The zero-order chi connectivity index (χ0) is 11.1. The van der Waals surface area contributed by atoms with Crippen molar-refractivity contribution in [2.45, 2.75) is 32.3 Å². The molecular weight excluding hydrogens is 192 g/mol. The molecule has 0 saturated carbocycles. The first-order valence-corrected chi connectivity index (χ1v) is 4.95. The van der Waals surface area contributed by atoms with Crippen LogP contribution in [0.25, 0.3) is 0 Å². The maximum absolute atomic E-state index is 9.34. The zero-order valence-corrected chi connectivity index (χ0v) is 8.99. The monoisotopic (exact) mass is 207 g/mol. The van der Waals surface area contributed by atoms with Crippen molar-refractivity contribution in [1.82, 2.24) is 0 Å². The summed E-state index contributed by atoms with van der Waals surface area (Å²) in [6, 6.07) is 5.53. The molecule has 81 valence electrons. The van der Waals surface area contributed by atoms with Gasteiger partial charge in [-0.3, -0.25) is 0 Å². The standard InChI is InChI=1S/C12H15O3/c1-8(13)9-4-5-11-10(6-9)7-14-12(2,3)15-11/h4-6,8,13H,1,7H2,2-3H3. The lowest BCUT2D eigenvalue weighted by molar-refractivity contribution is -0.180. The molecule has 1 aromatic carbocycles. The van der Waals surface area contributed by atoms with E-state index in [2.05, 4.69) is 6.92 Å². The van der Waals surface area contributed by atoms with E-state index >= 15 is 0 Å². The number of aliphatic hydroxyl groups excluding tert-OH is 1. The Labute approximate surface area is 89.6 Å². The van der Waals surface area contributed by atoms with E-state index in [1.165, 1.54) is 0 Å². The molecule has 0 saturated heterocycles. The molecule has 3 heteroatoms. The van der Waals surface area contributed by atoms with Crippen molar-refractivity contribution in [3.63, 3.8) is 0 Å². The maximum Gasteiger partial charge on any atom is 0.205 e. The summed E-state index contributed by atoms with van der Waals surface area (Å²) >= 11 is 0. The van der Waals surface area contributed by atoms with E-state index in [0.717, 1.165) is 16.9 Å². The smallest absolute Gasteiger partial charge is 0.205 e. The Kier molecular flexibility index (Phi) is 2.44. The molecule has 2 rings (SSSR count). The number of aliphatic hydroxyl groups is 1. The van der Waals surface area contributed by atoms with Crippen LogP contribution in [0, 0.1) is 6.92 Å². The van der Waals surface area contributed by atoms with Gasteiger partial charge in [0.25, 0.3) is 0 Å². The van der Waals surface area contributed by atoms with Crippen LogP contribution in [0.2, 0.25) is 0 Å². The molecule has 0 aliphatic carbocycles. The van der Waals surface area contributed by atoms with Crippen molar-refractivity contribution in [2.24, 2.45) is 0 Å². The minimum absolute atomic E-state index is 0.503. The highest BCUT2D eigenvalue weighted by Crippen LogP contribution is 2.32. The van der Waals surface area contributed by atoms with Crippen molar-refractivity contribution in [1.29, 1.82) is 0 Å². The summed E-state index contributed by atoms with van der Waals surface area (Å²) in [6.07, 6.45) is -0.703. The van der Waals surface area contributed by atoms with Crippen molar-refractivity contribution in [3.8, 4) is 5.75 Å². The van der Waals surface area contributed by atoms with Crippen molar-refractivity contribution < 1.29 is 14.6 Å². The summed E-state index contributed by atoms with van der Waals surface area (Å²) in [7, 11) is 0. The van der Waals surface area contributed by atoms with E-state index in [1.54, 1.807) is 0 Å². The molecule has 0 bridgehead atoms. The summed E-state index contributed by atoms with van der Waals surface area (Å²) in [6.45, 7) is 7.81. The van der Waals surface area contributed by atoms with Crippen LogP contribution in [0.5, 0.6) is 5.75 Å². The number of benzene rings is 1. The van der Waals surface area contributed by atoms with Crippen molar-refractivity contribution >= 4 is 0 Å². The molecule has 1 aliphatic heterocycles. The van der Waals surface area contributed by atoms with E-state index < -0.39 is 11.9 Å². The molecule has 1 aliphatic rings. The van der Waals surface area contributed by atoms with Gasteiger partial charge >= 0.3 is 0 Å². The normalized spacial score (nSPS) is 20.3. The van der Waals surface area contributed by atoms with Crippen molar-refractivity contribution in [2.75, 3.05) is 0 Å². The van der Waals surface area contributed by atoms with Gasteiger partial charge in [-0.15, -0.1) is 0 Å². The fourth-order valence-corrected chi connectivity index (χ4v) is 1.56. The number of hydrogen-bond acceptors (Lipinski definition) is 3. The summed E-state index contributed by atoms with van der Waals surface area (Å²) in [5, 5.41) is 9.34. The van der Waals surface area contributed by atoms with Gasteiger partial charge in [-0.2, -0.15) is 0 Å². The summed E-state index contributed by atoms with van der Waals surface area (Å²) < 4.78 is 11.1. The van der Waals surface area contributed by atoms with E-state index in [1.807, 2.05) is 32.0 Å². The van der Waals surface area contributed by atoms with Gasteiger partial charge in [-0.05, 0) is 24.6 Å². The van der Waals surface area contributed by atoms with E-state index in [-0.39, 0.29) is 0 Å². The summed E-state index contributed by atoms with van der Waals surface area (Å²) in [5.41, 5.74) is 1.73. The lowest BCUT2D eigenvalue weighted by Crippen LogP contribution is -2.35. The molecule has 1 atom stereocenters. The average molecular weight is 207 g/mol. The molecule has 1 N–H and O–H groups in total. The molecule has 1 aromatic rings. The highest BCUT2D eigenvalue weighted by Gasteiger charge is 2.27. The van der Waals surface area contributed by atoms with Gasteiger partial charge < -0.3 is 14.6 Å².